The van der Waals surface area contributed by atoms with Crippen LogP contribution >= 0.6 is 22.7 Å². The zero-order valence-corrected chi connectivity index (χ0v) is 28.6. The van der Waals surface area contributed by atoms with Gasteiger partial charge in [-0.3, -0.25) is 0 Å². The standard InChI is InChI=1S/C36H56S2Se/c1-3-5-7-9-11-13-15-17-19-21-23-31-27-29-37-35(31)33-25-26-34(39-33)36-32(28-30-38-36)24-22-20-18-16-14-12-10-8-6-4-2/h25-30H,3-24H2,1-2H3. The van der Waals surface area contributed by atoms with E-state index in [-0.39, 0.29) is 0 Å². The molecule has 0 bridgehead atoms. The fourth-order valence-corrected chi connectivity index (χ4v) is 10.5. The molecule has 0 aliphatic rings. The van der Waals surface area contributed by atoms with Crippen molar-refractivity contribution in [1.29, 1.82) is 0 Å². The third-order valence-corrected chi connectivity index (χ3v) is 13.1. The first-order valence-corrected chi connectivity index (χ1v) is 20.0. The molecule has 0 saturated heterocycles. The second kappa shape index (κ2) is 21.2. The second-order valence-electron chi connectivity index (χ2n) is 11.6. The van der Waals surface area contributed by atoms with Gasteiger partial charge >= 0.3 is 218 Å². The molecule has 3 heteroatoms. The number of rotatable bonds is 24. The molecule has 0 fully saturated rings. The number of aryl methyl sites for hydroxylation is 2. The molecule has 0 nitrogen and oxygen atoms in total. The van der Waals surface area contributed by atoms with Gasteiger partial charge in [-0.05, 0) is 0 Å². The van der Waals surface area contributed by atoms with Gasteiger partial charge in [0, 0.05) is 0 Å². The molecule has 0 aromatic carbocycles. The first kappa shape index (κ1) is 32.9. The van der Waals surface area contributed by atoms with E-state index in [1.54, 1.807) is 29.8 Å². The summed E-state index contributed by atoms with van der Waals surface area (Å²) in [5, 5.41) is 4.66. The third kappa shape index (κ3) is 12.8. The van der Waals surface area contributed by atoms with Crippen LogP contribution in [0.4, 0.5) is 0 Å². The molecule has 0 N–H and O–H groups in total. The van der Waals surface area contributed by atoms with E-state index in [1.165, 1.54) is 141 Å². The van der Waals surface area contributed by atoms with Crippen molar-refractivity contribution in [2.45, 2.75) is 155 Å². The number of hydrogen-bond donors (Lipinski definition) is 0. The summed E-state index contributed by atoms with van der Waals surface area (Å²) in [6.07, 6.45) is 30.9. The molecule has 0 radical (unpaired) electrons. The Bertz CT molecular complexity index is 901. The SMILES string of the molecule is CCCCCCCCCCCCc1ccsc1-c1ccc(-c2sccc2CCCCCCCCCCCC)[se]1. The van der Waals surface area contributed by atoms with E-state index in [2.05, 4.69) is 48.9 Å². The van der Waals surface area contributed by atoms with Crippen molar-refractivity contribution in [2.24, 2.45) is 0 Å². The van der Waals surface area contributed by atoms with Crippen LogP contribution in [-0.4, -0.2) is 14.5 Å². The van der Waals surface area contributed by atoms with E-state index in [1.807, 2.05) is 22.7 Å². The predicted molar refractivity (Wildman–Crippen MR) is 181 cm³/mol. The molecule has 3 heterocycles. The van der Waals surface area contributed by atoms with E-state index in [9.17, 15) is 0 Å². The van der Waals surface area contributed by atoms with E-state index in [4.69, 9.17) is 0 Å². The van der Waals surface area contributed by atoms with Gasteiger partial charge in [0.2, 0.25) is 0 Å². The van der Waals surface area contributed by atoms with Gasteiger partial charge in [0.1, 0.15) is 0 Å². The Kier molecular flexibility index (Phi) is 17.8. The van der Waals surface area contributed by atoms with Gasteiger partial charge in [-0.25, -0.2) is 0 Å². The molecular weight excluding hydrogens is 575 g/mol. The molecular formula is C36H56S2Se. The second-order valence-corrected chi connectivity index (χ2v) is 15.7. The Labute approximate surface area is 255 Å². The van der Waals surface area contributed by atoms with Crippen LogP contribution in [0, 0.1) is 0 Å². The summed E-state index contributed by atoms with van der Waals surface area (Å²) in [7, 11) is 0. The number of unbranched alkanes of at least 4 members (excludes halogenated alkanes) is 18. The fraction of sp³-hybridized carbons (Fsp3) is 0.667. The quantitative estimate of drug-likeness (QED) is 0.0681. The Morgan fingerprint density at radius 2 is 0.769 bits per heavy atom. The van der Waals surface area contributed by atoms with Crippen molar-refractivity contribution in [3.05, 3.63) is 46.2 Å². The predicted octanol–water partition coefficient (Wildman–Crippen LogP) is 13.1. The molecule has 0 atom stereocenters. The molecule has 3 rings (SSSR count). The van der Waals surface area contributed by atoms with Crippen molar-refractivity contribution < 1.29 is 0 Å². The van der Waals surface area contributed by atoms with Crippen molar-refractivity contribution >= 4 is 37.2 Å². The van der Waals surface area contributed by atoms with Crippen LogP contribution in [0.5, 0.6) is 0 Å². The third-order valence-electron chi connectivity index (χ3n) is 8.15. The minimum atomic E-state index is 0.453. The van der Waals surface area contributed by atoms with Crippen LogP contribution in [0.2, 0.25) is 0 Å². The fourth-order valence-electron chi connectivity index (χ4n) is 5.69. The van der Waals surface area contributed by atoms with Crippen LogP contribution in [0.25, 0.3) is 18.6 Å². The van der Waals surface area contributed by atoms with E-state index < -0.39 is 0 Å². The molecule has 3 aromatic heterocycles. The van der Waals surface area contributed by atoms with Crippen LogP contribution in [0.1, 0.15) is 153 Å². The minimum absolute atomic E-state index is 0.453. The summed E-state index contributed by atoms with van der Waals surface area (Å²) in [5.41, 5.74) is 3.22. The van der Waals surface area contributed by atoms with Crippen LogP contribution in [0.15, 0.2) is 35.0 Å². The van der Waals surface area contributed by atoms with Crippen molar-refractivity contribution in [3.63, 3.8) is 0 Å². The van der Waals surface area contributed by atoms with Gasteiger partial charge in [-0.1, -0.05) is 39.5 Å². The first-order chi connectivity index (χ1) is 19.3. The Hall–Kier alpha value is -0.601. The summed E-state index contributed by atoms with van der Waals surface area (Å²) < 4.78 is 3.24. The first-order valence-electron chi connectivity index (χ1n) is 16.6. The number of thiophene rings is 2. The van der Waals surface area contributed by atoms with Crippen molar-refractivity contribution in [1.82, 2.24) is 0 Å². The van der Waals surface area contributed by atoms with Gasteiger partial charge < -0.3 is 0 Å². The van der Waals surface area contributed by atoms with E-state index in [0.717, 1.165) is 0 Å². The molecule has 0 unspecified atom stereocenters. The zero-order valence-electron chi connectivity index (χ0n) is 25.2. The monoisotopic (exact) mass is 632 g/mol. The molecule has 0 amide bonds. The summed E-state index contributed by atoms with van der Waals surface area (Å²) in [5.74, 6) is 0. The summed E-state index contributed by atoms with van der Waals surface area (Å²) in [4.78, 5) is 3.18. The topological polar surface area (TPSA) is 0 Å². The Morgan fingerprint density at radius 1 is 0.436 bits per heavy atom. The van der Waals surface area contributed by atoms with Crippen LogP contribution < -0.4 is 0 Å². The number of hydrogen-bond acceptors (Lipinski definition) is 2. The molecule has 0 saturated carbocycles. The van der Waals surface area contributed by atoms with Gasteiger partial charge in [0.25, 0.3) is 0 Å². The van der Waals surface area contributed by atoms with Crippen LogP contribution in [0.3, 0.4) is 0 Å². The molecule has 218 valence electrons. The molecule has 0 spiro atoms. The Balaban J connectivity index is 1.36. The molecule has 0 aliphatic heterocycles. The molecule has 39 heavy (non-hydrogen) atoms. The van der Waals surface area contributed by atoms with E-state index >= 15 is 0 Å². The average Bonchev–Trinajstić information content (AvgIpc) is 3.71. The summed E-state index contributed by atoms with van der Waals surface area (Å²) in [6.45, 7) is 4.61. The molecule has 3 aromatic rings. The maximum absolute atomic E-state index is 2.45. The van der Waals surface area contributed by atoms with Gasteiger partial charge in [-0.15, -0.1) is 0 Å². The van der Waals surface area contributed by atoms with Crippen LogP contribution in [-0.2, 0) is 12.8 Å². The maximum atomic E-state index is 2.45. The Morgan fingerprint density at radius 3 is 1.13 bits per heavy atom. The van der Waals surface area contributed by atoms with Crippen molar-refractivity contribution in [2.75, 3.05) is 0 Å². The average molecular weight is 632 g/mol. The van der Waals surface area contributed by atoms with Gasteiger partial charge in [-0.2, -0.15) is 0 Å². The van der Waals surface area contributed by atoms with Gasteiger partial charge in [0.05, 0.1) is 0 Å². The normalized spacial score (nSPS) is 11.5. The molecule has 0 aliphatic carbocycles. The summed E-state index contributed by atoms with van der Waals surface area (Å²) >= 11 is 4.41. The van der Waals surface area contributed by atoms with Gasteiger partial charge in [0.15, 0.2) is 0 Å². The summed E-state index contributed by atoms with van der Waals surface area (Å²) in [6, 6.07) is 9.72. The zero-order chi connectivity index (χ0) is 27.4. The van der Waals surface area contributed by atoms with E-state index in [0.29, 0.717) is 14.5 Å². The van der Waals surface area contributed by atoms with Crippen molar-refractivity contribution in [3.8, 4) is 18.6 Å².